The van der Waals surface area contributed by atoms with Crippen LogP contribution in [0, 0.1) is 11.7 Å². The number of halogens is 1. The molecular weight excluding hydrogens is 311 g/mol. The maximum Gasteiger partial charge on any atom is 0.333 e. The molecule has 9 heteroatoms. The van der Waals surface area contributed by atoms with Crippen LogP contribution in [0.5, 0.6) is 0 Å². The summed E-state index contributed by atoms with van der Waals surface area (Å²) in [4.78, 5) is 35.9. The Morgan fingerprint density at radius 2 is 2.13 bits per heavy atom. The number of hydrogen-bond donors (Lipinski definition) is 2. The molecule has 1 aliphatic rings. The molecule has 1 aromatic heterocycles. The van der Waals surface area contributed by atoms with E-state index in [-0.39, 0.29) is 12.2 Å². The first-order chi connectivity index (χ1) is 10.8. The third-order valence-electron chi connectivity index (χ3n) is 3.81. The SMILES string of the molecule is CC(C)C(=O)Cn1c(=O)c(F)cn([C@H]2C[C@H](O)[C@@H](CO)O2)c1=O. The van der Waals surface area contributed by atoms with Crippen molar-refractivity contribution in [3.05, 3.63) is 32.9 Å². The maximum absolute atomic E-state index is 13.8. The number of carbonyl (C=O) groups excluding carboxylic acids is 1. The number of rotatable bonds is 5. The molecule has 2 rings (SSSR count). The van der Waals surface area contributed by atoms with Gasteiger partial charge in [-0.05, 0) is 0 Å². The van der Waals surface area contributed by atoms with Crippen LogP contribution in [-0.4, -0.2) is 43.9 Å². The molecule has 2 heterocycles. The van der Waals surface area contributed by atoms with E-state index in [1.807, 2.05) is 0 Å². The van der Waals surface area contributed by atoms with Gasteiger partial charge in [0.05, 0.1) is 25.5 Å². The number of nitrogens with zero attached hydrogens (tertiary/aromatic N) is 2. The number of ether oxygens (including phenoxy) is 1. The van der Waals surface area contributed by atoms with Crippen molar-refractivity contribution < 1.29 is 24.1 Å². The van der Waals surface area contributed by atoms with Crippen LogP contribution in [0.1, 0.15) is 26.5 Å². The fourth-order valence-electron chi connectivity index (χ4n) is 2.32. The van der Waals surface area contributed by atoms with E-state index in [1.54, 1.807) is 13.8 Å². The van der Waals surface area contributed by atoms with Gasteiger partial charge in [0.15, 0.2) is 5.78 Å². The van der Waals surface area contributed by atoms with E-state index < -0.39 is 54.6 Å². The highest BCUT2D eigenvalue weighted by Gasteiger charge is 2.35. The lowest BCUT2D eigenvalue weighted by atomic mass is 10.1. The number of hydrogen-bond acceptors (Lipinski definition) is 6. The molecule has 1 aromatic rings. The minimum absolute atomic E-state index is 0.0408. The van der Waals surface area contributed by atoms with E-state index in [9.17, 15) is 23.9 Å². The van der Waals surface area contributed by atoms with Gasteiger partial charge in [-0.15, -0.1) is 0 Å². The lowest BCUT2D eigenvalue weighted by molar-refractivity contribution is -0.122. The summed E-state index contributed by atoms with van der Waals surface area (Å²) in [7, 11) is 0. The van der Waals surface area contributed by atoms with Crippen LogP contribution in [0.2, 0.25) is 0 Å². The minimum atomic E-state index is -1.20. The highest BCUT2D eigenvalue weighted by Crippen LogP contribution is 2.27. The number of aromatic nitrogens is 2. The molecule has 1 aliphatic heterocycles. The Bertz CT molecular complexity index is 710. The van der Waals surface area contributed by atoms with E-state index in [4.69, 9.17) is 9.84 Å². The summed E-state index contributed by atoms with van der Waals surface area (Å²) in [5.74, 6) is -2.00. The Morgan fingerprint density at radius 3 is 2.65 bits per heavy atom. The van der Waals surface area contributed by atoms with Gasteiger partial charge in [-0.3, -0.25) is 18.7 Å². The van der Waals surface area contributed by atoms with Gasteiger partial charge in [-0.2, -0.15) is 4.39 Å². The highest BCUT2D eigenvalue weighted by atomic mass is 19.1. The monoisotopic (exact) mass is 330 g/mol. The van der Waals surface area contributed by atoms with Crippen molar-refractivity contribution in [2.24, 2.45) is 5.92 Å². The smallest absolute Gasteiger partial charge is 0.333 e. The van der Waals surface area contributed by atoms with Gasteiger partial charge in [-0.1, -0.05) is 13.8 Å². The average molecular weight is 330 g/mol. The summed E-state index contributed by atoms with van der Waals surface area (Å²) in [6.45, 7) is 2.22. The molecular formula is C14H19FN2O6. The van der Waals surface area contributed by atoms with E-state index in [0.29, 0.717) is 10.8 Å². The third kappa shape index (κ3) is 3.41. The second-order valence-electron chi connectivity index (χ2n) is 5.79. The maximum atomic E-state index is 13.8. The molecule has 23 heavy (non-hydrogen) atoms. The summed E-state index contributed by atoms with van der Waals surface area (Å²) in [5, 5.41) is 18.8. The number of aliphatic hydroxyl groups excluding tert-OH is 2. The van der Waals surface area contributed by atoms with Crippen molar-refractivity contribution >= 4 is 5.78 Å². The van der Waals surface area contributed by atoms with E-state index in [1.165, 1.54) is 0 Å². The van der Waals surface area contributed by atoms with Gasteiger partial charge < -0.3 is 14.9 Å². The first-order valence-electron chi connectivity index (χ1n) is 7.24. The van der Waals surface area contributed by atoms with Crippen molar-refractivity contribution in [1.29, 1.82) is 0 Å². The predicted molar refractivity (Wildman–Crippen MR) is 76.4 cm³/mol. The minimum Gasteiger partial charge on any atom is -0.394 e. The normalized spacial score (nSPS) is 24.3. The van der Waals surface area contributed by atoms with Crippen LogP contribution in [0.15, 0.2) is 15.8 Å². The highest BCUT2D eigenvalue weighted by molar-refractivity contribution is 5.80. The number of aliphatic hydroxyl groups is 2. The second kappa shape index (κ2) is 6.73. The first kappa shape index (κ1) is 17.5. The fourth-order valence-corrected chi connectivity index (χ4v) is 2.32. The number of carbonyl (C=O) groups is 1. The number of Topliss-reactive ketones (excluding diaryl/α,β-unsaturated/α-hetero) is 1. The standard InChI is InChI=1S/C14H19FN2O6/c1-7(2)10(20)5-17-13(21)8(15)4-16(14(17)22)12-3-9(19)11(6-18)23-12/h4,7,9,11-12,18-19H,3,5-6H2,1-2H3/t9-,11+,12+/m0/s1. The zero-order valence-corrected chi connectivity index (χ0v) is 12.8. The molecule has 2 N–H and O–H groups in total. The zero-order valence-electron chi connectivity index (χ0n) is 12.8. The lowest BCUT2D eigenvalue weighted by Gasteiger charge is -2.16. The fraction of sp³-hybridized carbons (Fsp3) is 0.643. The molecule has 0 amide bonds. The van der Waals surface area contributed by atoms with Crippen molar-refractivity contribution in [3.8, 4) is 0 Å². The van der Waals surface area contributed by atoms with Crippen molar-refractivity contribution in [2.45, 2.75) is 45.2 Å². The zero-order chi connectivity index (χ0) is 17.3. The Hall–Kier alpha value is -1.84. The van der Waals surface area contributed by atoms with E-state index in [0.717, 1.165) is 4.57 Å². The van der Waals surface area contributed by atoms with Gasteiger partial charge in [0.25, 0.3) is 5.56 Å². The van der Waals surface area contributed by atoms with Crippen LogP contribution >= 0.6 is 0 Å². The summed E-state index contributed by atoms with van der Waals surface area (Å²) >= 11 is 0. The lowest BCUT2D eigenvalue weighted by Crippen LogP contribution is -2.44. The first-order valence-corrected chi connectivity index (χ1v) is 7.24. The Kier molecular flexibility index (Phi) is 5.12. The molecule has 0 unspecified atom stereocenters. The van der Waals surface area contributed by atoms with Gasteiger partial charge >= 0.3 is 5.69 Å². The van der Waals surface area contributed by atoms with Gasteiger partial charge in [0.1, 0.15) is 12.3 Å². The van der Waals surface area contributed by atoms with Crippen molar-refractivity contribution in [3.63, 3.8) is 0 Å². The van der Waals surface area contributed by atoms with Crippen LogP contribution in [0.4, 0.5) is 4.39 Å². The average Bonchev–Trinajstić information content (AvgIpc) is 2.87. The summed E-state index contributed by atoms with van der Waals surface area (Å²) in [5.41, 5.74) is -2.08. The van der Waals surface area contributed by atoms with Gasteiger partial charge in [-0.25, -0.2) is 4.79 Å². The summed E-state index contributed by atoms with van der Waals surface area (Å²) in [6, 6.07) is 0. The van der Waals surface area contributed by atoms with Crippen LogP contribution < -0.4 is 11.2 Å². The van der Waals surface area contributed by atoms with Gasteiger partial charge in [0, 0.05) is 12.3 Å². The molecule has 3 atom stereocenters. The van der Waals surface area contributed by atoms with Crippen LogP contribution in [-0.2, 0) is 16.1 Å². The molecule has 1 saturated heterocycles. The van der Waals surface area contributed by atoms with Crippen molar-refractivity contribution in [1.82, 2.24) is 9.13 Å². The molecule has 0 spiro atoms. The molecule has 0 radical (unpaired) electrons. The van der Waals surface area contributed by atoms with Crippen LogP contribution in [0.25, 0.3) is 0 Å². The van der Waals surface area contributed by atoms with E-state index in [2.05, 4.69) is 0 Å². The topological polar surface area (TPSA) is 111 Å². The molecule has 128 valence electrons. The Balaban J connectivity index is 2.43. The quantitative estimate of drug-likeness (QED) is 0.717. The molecule has 8 nitrogen and oxygen atoms in total. The molecule has 0 aromatic carbocycles. The number of ketones is 1. The molecule has 0 aliphatic carbocycles. The largest absolute Gasteiger partial charge is 0.394 e. The molecule has 0 saturated carbocycles. The summed E-state index contributed by atoms with van der Waals surface area (Å²) in [6.07, 6.45) is -2.28. The second-order valence-corrected chi connectivity index (χ2v) is 5.79. The van der Waals surface area contributed by atoms with Crippen LogP contribution in [0.3, 0.4) is 0 Å². The van der Waals surface area contributed by atoms with Gasteiger partial charge in [0.2, 0.25) is 5.82 Å². The Labute approximate surface area is 130 Å². The van der Waals surface area contributed by atoms with Crippen molar-refractivity contribution in [2.75, 3.05) is 6.61 Å². The molecule has 0 bridgehead atoms. The Morgan fingerprint density at radius 1 is 1.48 bits per heavy atom. The molecule has 1 fully saturated rings. The summed E-state index contributed by atoms with van der Waals surface area (Å²) < 4.78 is 20.5. The third-order valence-corrected chi connectivity index (χ3v) is 3.81. The predicted octanol–water partition coefficient (Wildman–Crippen LogP) is -0.985. The van der Waals surface area contributed by atoms with E-state index >= 15 is 0 Å².